The van der Waals surface area contributed by atoms with Crippen LogP contribution in [0.3, 0.4) is 0 Å². The SMILES string of the molecule is N#Cc1ccccc1CN[C@@H]1C[C@H]1c1ccc(C(=O)NCc2ccccc2)cc1. The Morgan fingerprint density at radius 2 is 1.66 bits per heavy atom. The van der Waals surface area contributed by atoms with Crippen molar-refractivity contribution in [3.05, 3.63) is 107 Å². The van der Waals surface area contributed by atoms with Crippen LogP contribution in [0.1, 0.15) is 45.0 Å². The molecule has 0 spiro atoms. The first-order valence-electron chi connectivity index (χ1n) is 9.88. The molecule has 4 rings (SSSR count). The third-order valence-corrected chi connectivity index (χ3v) is 5.38. The summed E-state index contributed by atoms with van der Waals surface area (Å²) in [6.07, 6.45) is 1.08. The van der Waals surface area contributed by atoms with Gasteiger partial charge >= 0.3 is 0 Å². The van der Waals surface area contributed by atoms with Crippen molar-refractivity contribution in [1.29, 1.82) is 5.26 Å². The average Bonchev–Trinajstić information content (AvgIpc) is 3.57. The summed E-state index contributed by atoms with van der Waals surface area (Å²) in [6, 6.07) is 28.1. The molecular formula is C25H23N3O. The molecule has 3 aromatic carbocycles. The maximum atomic E-state index is 12.3. The molecule has 3 aromatic rings. The number of carbonyl (C=O) groups is 1. The number of carbonyl (C=O) groups excluding carboxylic acids is 1. The normalized spacial score (nSPS) is 17.3. The molecule has 0 bridgehead atoms. The predicted octanol–water partition coefficient (Wildman–Crippen LogP) is 4.13. The summed E-state index contributed by atoms with van der Waals surface area (Å²) in [7, 11) is 0. The summed E-state index contributed by atoms with van der Waals surface area (Å²) in [5.41, 5.74) is 4.77. The van der Waals surface area contributed by atoms with Crippen LogP contribution < -0.4 is 10.6 Å². The van der Waals surface area contributed by atoms with Crippen molar-refractivity contribution in [2.45, 2.75) is 31.5 Å². The van der Waals surface area contributed by atoms with E-state index in [1.807, 2.05) is 78.9 Å². The minimum Gasteiger partial charge on any atom is -0.348 e. The quantitative estimate of drug-likeness (QED) is 0.647. The lowest BCUT2D eigenvalue weighted by Crippen LogP contribution is -2.22. The van der Waals surface area contributed by atoms with E-state index in [0.29, 0.717) is 30.6 Å². The Kier molecular flexibility index (Phi) is 5.69. The molecule has 1 fully saturated rings. The zero-order valence-corrected chi connectivity index (χ0v) is 16.1. The van der Waals surface area contributed by atoms with Gasteiger partial charge in [0, 0.05) is 30.6 Å². The number of hydrogen-bond acceptors (Lipinski definition) is 3. The molecule has 4 heteroatoms. The van der Waals surface area contributed by atoms with Crippen LogP contribution in [-0.4, -0.2) is 11.9 Å². The Balaban J connectivity index is 1.29. The van der Waals surface area contributed by atoms with Gasteiger partial charge in [0.2, 0.25) is 0 Å². The summed E-state index contributed by atoms with van der Waals surface area (Å²) in [4.78, 5) is 12.3. The van der Waals surface area contributed by atoms with Gasteiger partial charge in [0.05, 0.1) is 11.6 Å². The van der Waals surface area contributed by atoms with Crippen LogP contribution in [0.4, 0.5) is 0 Å². The van der Waals surface area contributed by atoms with E-state index in [1.54, 1.807) is 0 Å². The van der Waals surface area contributed by atoms with Gasteiger partial charge in [0.25, 0.3) is 5.91 Å². The standard InChI is InChI=1S/C25H23N3O/c26-15-21-8-4-5-9-22(21)17-27-24-14-23(24)19-10-12-20(13-11-19)25(29)28-16-18-6-2-1-3-7-18/h1-13,23-24,27H,14,16-17H2,(H,28,29)/t23-,24+/m0/s1. The molecule has 4 nitrogen and oxygen atoms in total. The second-order valence-corrected chi connectivity index (χ2v) is 7.39. The number of amides is 1. The molecule has 144 valence electrons. The van der Waals surface area contributed by atoms with Crippen LogP contribution in [-0.2, 0) is 13.1 Å². The van der Waals surface area contributed by atoms with Crippen molar-refractivity contribution in [3.8, 4) is 6.07 Å². The van der Waals surface area contributed by atoms with Crippen LogP contribution in [0.25, 0.3) is 0 Å². The highest BCUT2D eigenvalue weighted by Gasteiger charge is 2.37. The number of nitrogens with one attached hydrogen (secondary N) is 2. The number of nitriles is 1. The molecule has 1 aliphatic carbocycles. The fourth-order valence-electron chi connectivity index (χ4n) is 3.58. The molecule has 1 amide bonds. The van der Waals surface area contributed by atoms with Gasteiger partial charge in [-0.05, 0) is 41.3 Å². The second kappa shape index (κ2) is 8.72. The largest absolute Gasteiger partial charge is 0.348 e. The minimum absolute atomic E-state index is 0.0565. The minimum atomic E-state index is -0.0565. The van der Waals surface area contributed by atoms with Gasteiger partial charge in [-0.15, -0.1) is 0 Å². The highest BCUT2D eigenvalue weighted by atomic mass is 16.1. The Labute approximate surface area is 171 Å². The van der Waals surface area contributed by atoms with Gasteiger partial charge in [-0.2, -0.15) is 5.26 Å². The maximum absolute atomic E-state index is 12.3. The van der Waals surface area contributed by atoms with Crippen LogP contribution >= 0.6 is 0 Å². The third kappa shape index (κ3) is 4.71. The van der Waals surface area contributed by atoms with Gasteiger partial charge in [-0.3, -0.25) is 4.79 Å². The molecule has 0 unspecified atom stereocenters. The molecule has 0 saturated heterocycles. The zero-order valence-electron chi connectivity index (χ0n) is 16.1. The topological polar surface area (TPSA) is 64.9 Å². The lowest BCUT2D eigenvalue weighted by atomic mass is 10.1. The van der Waals surface area contributed by atoms with E-state index < -0.39 is 0 Å². The van der Waals surface area contributed by atoms with Crippen molar-refractivity contribution in [2.75, 3.05) is 0 Å². The predicted molar refractivity (Wildman–Crippen MR) is 113 cm³/mol. The summed E-state index contributed by atoms with van der Waals surface area (Å²) in [5, 5.41) is 15.7. The van der Waals surface area contributed by atoms with Crippen molar-refractivity contribution in [1.82, 2.24) is 10.6 Å². The molecule has 1 saturated carbocycles. The molecule has 29 heavy (non-hydrogen) atoms. The van der Waals surface area contributed by atoms with Crippen molar-refractivity contribution in [2.24, 2.45) is 0 Å². The van der Waals surface area contributed by atoms with E-state index >= 15 is 0 Å². The summed E-state index contributed by atoms with van der Waals surface area (Å²) in [6.45, 7) is 1.23. The lowest BCUT2D eigenvalue weighted by molar-refractivity contribution is 0.0951. The molecule has 2 N–H and O–H groups in total. The summed E-state index contributed by atoms with van der Waals surface area (Å²) in [5.74, 6) is 0.407. The number of nitrogens with zero attached hydrogens (tertiary/aromatic N) is 1. The molecule has 0 heterocycles. The van der Waals surface area contributed by atoms with Crippen LogP contribution in [0, 0.1) is 11.3 Å². The first-order valence-corrected chi connectivity index (χ1v) is 9.88. The zero-order chi connectivity index (χ0) is 20.1. The van der Waals surface area contributed by atoms with E-state index in [2.05, 4.69) is 16.7 Å². The summed E-state index contributed by atoms with van der Waals surface area (Å²) >= 11 is 0. The Morgan fingerprint density at radius 1 is 0.931 bits per heavy atom. The molecular weight excluding hydrogens is 358 g/mol. The van der Waals surface area contributed by atoms with Crippen molar-refractivity contribution >= 4 is 5.91 Å². The van der Waals surface area contributed by atoms with E-state index in [4.69, 9.17) is 0 Å². The fourth-order valence-corrected chi connectivity index (χ4v) is 3.58. The fraction of sp³-hybridized carbons (Fsp3) is 0.200. The Hall–Kier alpha value is -3.42. The molecule has 0 aromatic heterocycles. The van der Waals surface area contributed by atoms with Gasteiger partial charge in [0.1, 0.15) is 0 Å². The van der Waals surface area contributed by atoms with E-state index in [9.17, 15) is 10.1 Å². The van der Waals surface area contributed by atoms with Crippen molar-refractivity contribution in [3.63, 3.8) is 0 Å². The van der Waals surface area contributed by atoms with Gasteiger partial charge in [0.15, 0.2) is 0 Å². The van der Waals surface area contributed by atoms with Gasteiger partial charge in [-0.25, -0.2) is 0 Å². The third-order valence-electron chi connectivity index (χ3n) is 5.38. The molecule has 1 aliphatic rings. The van der Waals surface area contributed by atoms with Crippen LogP contribution in [0.5, 0.6) is 0 Å². The van der Waals surface area contributed by atoms with Crippen molar-refractivity contribution < 1.29 is 4.79 Å². The smallest absolute Gasteiger partial charge is 0.251 e. The number of benzene rings is 3. The van der Waals surface area contributed by atoms with Gasteiger partial charge in [-0.1, -0.05) is 60.7 Å². The first kappa shape index (κ1) is 18.9. The maximum Gasteiger partial charge on any atom is 0.251 e. The average molecular weight is 381 g/mol. The lowest BCUT2D eigenvalue weighted by Gasteiger charge is -2.08. The number of hydrogen-bond donors (Lipinski definition) is 2. The van der Waals surface area contributed by atoms with Crippen LogP contribution in [0.2, 0.25) is 0 Å². The highest BCUT2D eigenvalue weighted by molar-refractivity contribution is 5.94. The van der Waals surface area contributed by atoms with E-state index in [0.717, 1.165) is 23.1 Å². The van der Waals surface area contributed by atoms with E-state index in [-0.39, 0.29) is 5.91 Å². The highest BCUT2D eigenvalue weighted by Crippen LogP contribution is 2.41. The molecule has 0 radical (unpaired) electrons. The Morgan fingerprint density at radius 3 is 2.41 bits per heavy atom. The molecule has 2 atom stereocenters. The molecule has 0 aliphatic heterocycles. The summed E-state index contributed by atoms with van der Waals surface area (Å²) < 4.78 is 0. The number of rotatable bonds is 7. The van der Waals surface area contributed by atoms with Crippen LogP contribution in [0.15, 0.2) is 78.9 Å². The first-order chi connectivity index (χ1) is 14.2. The Bertz CT molecular complexity index is 1020. The van der Waals surface area contributed by atoms with Gasteiger partial charge < -0.3 is 10.6 Å². The second-order valence-electron chi connectivity index (χ2n) is 7.39. The monoisotopic (exact) mass is 381 g/mol. The van der Waals surface area contributed by atoms with E-state index in [1.165, 1.54) is 5.56 Å².